The Bertz CT molecular complexity index is 942. The third kappa shape index (κ3) is 5.76. The lowest BCUT2D eigenvalue weighted by Crippen LogP contribution is -2.45. The summed E-state index contributed by atoms with van der Waals surface area (Å²) in [5, 5.41) is 16.1. The lowest BCUT2D eigenvalue weighted by molar-refractivity contribution is -0.384. The van der Waals surface area contributed by atoms with E-state index in [1.54, 1.807) is 12.1 Å². The Morgan fingerprint density at radius 2 is 1.83 bits per heavy atom. The van der Waals surface area contributed by atoms with Crippen molar-refractivity contribution in [1.82, 2.24) is 5.32 Å². The smallest absolute Gasteiger partial charge is 0.269 e. The van der Waals surface area contributed by atoms with E-state index >= 15 is 0 Å². The van der Waals surface area contributed by atoms with Crippen LogP contribution < -0.4 is 21.1 Å². The van der Waals surface area contributed by atoms with Crippen LogP contribution in [-0.2, 0) is 16.0 Å². The monoisotopic (exact) mass is 400 g/mol. The quantitative estimate of drug-likeness (QED) is 0.449. The van der Waals surface area contributed by atoms with Crippen molar-refractivity contribution in [1.29, 1.82) is 0 Å². The Balaban J connectivity index is 2.19. The third-order valence-corrected chi connectivity index (χ3v) is 4.02. The molecular formula is C19H20N4O6. The SMILES string of the molecule is COc1ccc([N+](=O)[O-])cc1C[C@@H](NC(=O)c1ccc(NC(C)=O)cc1)C(N)=O. The molecule has 0 spiro atoms. The summed E-state index contributed by atoms with van der Waals surface area (Å²) in [6.07, 6.45) is -0.0874. The number of amides is 3. The van der Waals surface area contributed by atoms with Crippen LogP contribution in [0.3, 0.4) is 0 Å². The van der Waals surface area contributed by atoms with E-state index in [1.165, 1.54) is 44.4 Å². The Morgan fingerprint density at radius 3 is 2.34 bits per heavy atom. The summed E-state index contributed by atoms with van der Waals surface area (Å²) in [5.41, 5.74) is 6.34. The fourth-order valence-corrected chi connectivity index (χ4v) is 2.63. The molecule has 0 aliphatic carbocycles. The van der Waals surface area contributed by atoms with Gasteiger partial charge >= 0.3 is 0 Å². The molecule has 0 aliphatic heterocycles. The number of hydrogen-bond donors (Lipinski definition) is 3. The topological polar surface area (TPSA) is 154 Å². The second-order valence-electron chi connectivity index (χ2n) is 6.14. The van der Waals surface area contributed by atoms with Gasteiger partial charge in [-0.2, -0.15) is 0 Å². The number of primary amides is 1. The molecule has 0 saturated carbocycles. The third-order valence-electron chi connectivity index (χ3n) is 4.02. The maximum Gasteiger partial charge on any atom is 0.269 e. The highest BCUT2D eigenvalue weighted by Gasteiger charge is 2.22. The van der Waals surface area contributed by atoms with E-state index < -0.39 is 22.8 Å². The maximum atomic E-state index is 12.5. The number of methoxy groups -OCH3 is 1. The minimum absolute atomic E-state index is 0.0874. The number of carbonyl (C=O) groups is 3. The number of anilines is 1. The molecule has 10 heteroatoms. The summed E-state index contributed by atoms with van der Waals surface area (Å²) < 4.78 is 5.17. The van der Waals surface area contributed by atoms with Gasteiger partial charge in [-0.15, -0.1) is 0 Å². The van der Waals surface area contributed by atoms with Gasteiger partial charge < -0.3 is 21.1 Å². The maximum absolute atomic E-state index is 12.5. The van der Waals surface area contributed by atoms with Crippen molar-refractivity contribution in [3.63, 3.8) is 0 Å². The normalized spacial score (nSPS) is 11.2. The molecule has 29 heavy (non-hydrogen) atoms. The van der Waals surface area contributed by atoms with Crippen molar-refractivity contribution in [2.24, 2.45) is 5.73 Å². The van der Waals surface area contributed by atoms with Crippen molar-refractivity contribution in [2.75, 3.05) is 12.4 Å². The first-order chi connectivity index (χ1) is 13.7. The predicted octanol–water partition coefficient (Wildman–Crippen LogP) is 1.39. The molecule has 2 aromatic carbocycles. The van der Waals surface area contributed by atoms with Gasteiger partial charge in [0, 0.05) is 42.3 Å². The Morgan fingerprint density at radius 1 is 1.17 bits per heavy atom. The molecule has 0 aromatic heterocycles. The summed E-state index contributed by atoms with van der Waals surface area (Å²) in [6, 6.07) is 8.87. The molecule has 152 valence electrons. The van der Waals surface area contributed by atoms with Crippen molar-refractivity contribution in [2.45, 2.75) is 19.4 Å². The van der Waals surface area contributed by atoms with E-state index in [4.69, 9.17) is 10.5 Å². The highest BCUT2D eigenvalue weighted by Crippen LogP contribution is 2.25. The molecule has 1 atom stereocenters. The average molecular weight is 400 g/mol. The van der Waals surface area contributed by atoms with E-state index in [0.717, 1.165) is 0 Å². The summed E-state index contributed by atoms with van der Waals surface area (Å²) in [4.78, 5) is 45.8. The second kappa shape index (κ2) is 9.31. The van der Waals surface area contributed by atoms with Gasteiger partial charge in [0.2, 0.25) is 11.8 Å². The molecule has 2 rings (SSSR count). The number of rotatable bonds is 8. The summed E-state index contributed by atoms with van der Waals surface area (Å²) in [5.74, 6) is -1.29. The molecule has 0 saturated heterocycles. The average Bonchev–Trinajstić information content (AvgIpc) is 2.67. The van der Waals surface area contributed by atoms with Gasteiger partial charge in [0.15, 0.2) is 0 Å². The van der Waals surface area contributed by atoms with Crippen LogP contribution >= 0.6 is 0 Å². The van der Waals surface area contributed by atoms with Gasteiger partial charge in [0.25, 0.3) is 11.6 Å². The highest BCUT2D eigenvalue weighted by atomic mass is 16.6. The van der Waals surface area contributed by atoms with Crippen LogP contribution in [0, 0.1) is 10.1 Å². The molecule has 4 N–H and O–H groups in total. The lowest BCUT2D eigenvalue weighted by atomic mass is 10.0. The number of non-ortho nitro benzene ring substituents is 1. The summed E-state index contributed by atoms with van der Waals surface area (Å²) >= 11 is 0. The number of hydrogen-bond acceptors (Lipinski definition) is 6. The first-order valence-corrected chi connectivity index (χ1v) is 8.50. The van der Waals surface area contributed by atoms with E-state index in [2.05, 4.69) is 10.6 Å². The second-order valence-corrected chi connectivity index (χ2v) is 6.14. The van der Waals surface area contributed by atoms with Crippen LogP contribution in [0.15, 0.2) is 42.5 Å². The molecule has 0 fully saturated rings. The number of nitrogens with one attached hydrogen (secondary N) is 2. The summed E-state index contributed by atoms with van der Waals surface area (Å²) in [6.45, 7) is 1.36. The Hall–Kier alpha value is -3.95. The van der Waals surface area contributed by atoms with E-state index in [9.17, 15) is 24.5 Å². The minimum atomic E-state index is -1.12. The molecular weight excluding hydrogens is 380 g/mol. The molecule has 0 bridgehead atoms. The first kappa shape index (κ1) is 21.4. The largest absolute Gasteiger partial charge is 0.496 e. The van der Waals surface area contributed by atoms with Crippen molar-refractivity contribution in [3.05, 3.63) is 63.7 Å². The molecule has 0 radical (unpaired) electrons. The zero-order chi connectivity index (χ0) is 21.6. The molecule has 3 amide bonds. The molecule has 10 nitrogen and oxygen atoms in total. The van der Waals surface area contributed by atoms with Gasteiger partial charge in [0.05, 0.1) is 12.0 Å². The molecule has 0 unspecified atom stereocenters. The van der Waals surface area contributed by atoms with E-state index in [1.807, 2.05) is 0 Å². The van der Waals surface area contributed by atoms with Gasteiger partial charge in [-0.1, -0.05) is 0 Å². The number of nitro benzene ring substituents is 1. The molecule has 0 aliphatic rings. The highest BCUT2D eigenvalue weighted by molar-refractivity contribution is 5.98. The standard InChI is InChI=1S/C19H20N4O6/c1-11(24)21-14-5-3-12(4-6-14)19(26)22-16(18(20)25)10-13-9-15(23(27)28)7-8-17(13)29-2/h3-9,16H,10H2,1-2H3,(H2,20,25)(H,21,24)(H,22,26)/t16-/m1/s1. The van der Waals surface area contributed by atoms with Crippen LogP contribution in [0.5, 0.6) is 5.75 Å². The number of nitro groups is 1. The molecule has 0 heterocycles. The molecule has 2 aromatic rings. The number of nitrogens with two attached hydrogens (primary N) is 1. The minimum Gasteiger partial charge on any atom is -0.496 e. The van der Waals surface area contributed by atoms with Crippen molar-refractivity contribution < 1.29 is 24.0 Å². The van der Waals surface area contributed by atoms with Crippen molar-refractivity contribution >= 4 is 29.1 Å². The van der Waals surface area contributed by atoms with Crippen LogP contribution in [0.1, 0.15) is 22.8 Å². The van der Waals surface area contributed by atoms with Crippen molar-refractivity contribution in [3.8, 4) is 5.75 Å². The van der Waals surface area contributed by atoms with Crippen LogP contribution in [0.25, 0.3) is 0 Å². The van der Waals surface area contributed by atoms with Crippen LogP contribution in [0.4, 0.5) is 11.4 Å². The fourth-order valence-electron chi connectivity index (χ4n) is 2.63. The van der Waals surface area contributed by atoms with Gasteiger partial charge in [-0.25, -0.2) is 0 Å². The number of ether oxygens (including phenoxy) is 1. The van der Waals surface area contributed by atoms with Gasteiger partial charge in [-0.3, -0.25) is 24.5 Å². The van der Waals surface area contributed by atoms with E-state index in [0.29, 0.717) is 17.0 Å². The van der Waals surface area contributed by atoms with Gasteiger partial charge in [-0.05, 0) is 30.3 Å². The lowest BCUT2D eigenvalue weighted by Gasteiger charge is -2.17. The Labute approximate surface area is 166 Å². The van der Waals surface area contributed by atoms with E-state index in [-0.39, 0.29) is 23.6 Å². The zero-order valence-corrected chi connectivity index (χ0v) is 15.8. The first-order valence-electron chi connectivity index (χ1n) is 8.50. The summed E-state index contributed by atoms with van der Waals surface area (Å²) in [7, 11) is 1.39. The zero-order valence-electron chi connectivity index (χ0n) is 15.8. The predicted molar refractivity (Wildman–Crippen MR) is 105 cm³/mol. The number of benzene rings is 2. The Kier molecular flexibility index (Phi) is 6.85. The number of carbonyl (C=O) groups excluding carboxylic acids is 3. The van der Waals surface area contributed by atoms with Gasteiger partial charge in [0.1, 0.15) is 11.8 Å². The number of nitrogens with zero attached hydrogens (tertiary/aromatic N) is 1. The fraction of sp³-hybridized carbons (Fsp3) is 0.211. The van der Waals surface area contributed by atoms with Crippen LogP contribution in [0.2, 0.25) is 0 Å². The van der Waals surface area contributed by atoms with Crippen LogP contribution in [-0.4, -0.2) is 35.8 Å².